The first-order chi connectivity index (χ1) is 24.8. The molecular weight excluding hydrogens is 714 g/mol. The topological polar surface area (TPSA) is 80.3 Å². The summed E-state index contributed by atoms with van der Waals surface area (Å²) in [5, 5.41) is 0.483. The third kappa shape index (κ3) is 5.38. The number of rotatable bonds is 11. The van der Waals surface area contributed by atoms with E-state index < -0.39 is 15.4 Å². The van der Waals surface area contributed by atoms with Crippen LogP contribution in [0.3, 0.4) is 0 Å². The minimum absolute atomic E-state index is 0.0813. The number of fused-ring (bicyclic) bond motifs is 8. The molecule has 8 bridgehead atoms. The van der Waals surface area contributed by atoms with Gasteiger partial charge in [-0.3, -0.25) is 13.6 Å². The fourth-order valence-corrected chi connectivity index (χ4v) is 20.6. The van der Waals surface area contributed by atoms with Gasteiger partial charge in [0, 0.05) is 6.42 Å². The molecule has 0 N–H and O–H groups in total. The lowest BCUT2D eigenvalue weighted by molar-refractivity contribution is -0.0764. The first-order valence-corrected chi connectivity index (χ1v) is 24.8. The summed E-state index contributed by atoms with van der Waals surface area (Å²) in [4.78, 5) is 0. The monoisotopic (exact) mass is 786 g/mol. The van der Waals surface area contributed by atoms with Gasteiger partial charge in [-0.15, -0.1) is 0 Å². The van der Waals surface area contributed by atoms with Gasteiger partial charge in [0.25, 0.3) is 0 Å². The second-order valence-electron chi connectivity index (χ2n) is 24.1. The van der Waals surface area contributed by atoms with Crippen molar-refractivity contribution in [3.05, 3.63) is 23.2 Å². The maximum absolute atomic E-state index is 16.2. The van der Waals surface area contributed by atoms with Gasteiger partial charge in [-0.1, -0.05) is 89.2 Å². The highest BCUT2D eigenvalue weighted by Gasteiger charge is 2.68. The molecule has 304 valence electrons. The predicted molar refractivity (Wildman–Crippen MR) is 213 cm³/mol. The molecule has 0 heterocycles. The second-order valence-corrected chi connectivity index (χ2v) is 27.5. The van der Waals surface area contributed by atoms with Crippen LogP contribution < -0.4 is 0 Å². The quantitative estimate of drug-likeness (QED) is 0.193. The Balaban J connectivity index is 1.12. The minimum Gasteiger partial charge on any atom is -0.403 e. The molecule has 54 heavy (non-hydrogen) atoms. The standard InChI is InChI=1S/C45H72O7P2/c1-38(2)28-16-20-42(9,24-28)34(38)49-53(46,50-35-39(3,4)29-17-21-43(35,10)25-29)33-15-13-14-32(33)48-54(47,51-36-40(5,6)30-18-22-44(36,11)26-30)52-37-41(7,8)31-19-23-45(37,12)27-31/h13-14,28-31,34-37H,15-27H2,1-12H3/t28-,29-,30-,31-,34-,35-,36-,37-,42+,43+,44+,45+/m0/s1. The summed E-state index contributed by atoms with van der Waals surface area (Å²) in [6, 6.07) is 0. The van der Waals surface area contributed by atoms with Crippen LogP contribution in [0, 0.1) is 67.0 Å². The number of allylic oxidation sites excluding steroid dienone is 3. The summed E-state index contributed by atoms with van der Waals surface area (Å²) in [6.07, 6.45) is 16.3. The fraction of sp³-hybridized carbons (Fsp3) is 0.911. The zero-order valence-corrected chi connectivity index (χ0v) is 37.5. The van der Waals surface area contributed by atoms with E-state index in [1.807, 2.05) is 12.2 Å². The summed E-state index contributed by atoms with van der Waals surface area (Å²) in [7, 11) is -8.32. The normalized spacial score (nSPS) is 48.6. The van der Waals surface area contributed by atoms with E-state index in [0.717, 1.165) is 64.2 Å². The average Bonchev–Trinajstić information content (AvgIpc) is 3.93. The maximum atomic E-state index is 16.2. The van der Waals surface area contributed by atoms with Crippen molar-refractivity contribution in [3.8, 4) is 0 Å². The molecule has 0 saturated heterocycles. The molecule has 0 aromatic heterocycles. The van der Waals surface area contributed by atoms with Gasteiger partial charge in [-0.2, -0.15) is 0 Å². The van der Waals surface area contributed by atoms with Crippen molar-refractivity contribution in [1.82, 2.24) is 0 Å². The average molecular weight is 787 g/mol. The highest BCUT2D eigenvalue weighted by molar-refractivity contribution is 7.58. The van der Waals surface area contributed by atoms with Gasteiger partial charge in [0.2, 0.25) is 0 Å². The Bertz CT molecular complexity index is 1640. The Morgan fingerprint density at radius 3 is 1.11 bits per heavy atom. The molecule has 8 saturated carbocycles. The maximum Gasteiger partial charge on any atom is 0.530 e. The molecule has 12 atom stereocenters. The molecule has 9 heteroatoms. The lowest BCUT2D eigenvalue weighted by Crippen LogP contribution is -2.44. The van der Waals surface area contributed by atoms with Gasteiger partial charge < -0.3 is 13.6 Å². The predicted octanol–water partition coefficient (Wildman–Crippen LogP) is 13.4. The SMILES string of the molecule is CC1(C)[C@H]2CC[C@](C)(C2)[C@H]1OP(=O)(OC1=C(P(=O)(O[C@H]2C(C)(C)[C@H]3CC[C@]2(C)C3)O[C@H]2C(C)(C)[C@H]3CC[C@]2(C)C3)CC=C1)O[C@H]1C(C)(C)[C@H]2CC[C@]1(C)C2. The zero-order valence-electron chi connectivity index (χ0n) is 35.7. The largest absolute Gasteiger partial charge is 0.530 e. The molecule has 0 amide bonds. The first-order valence-electron chi connectivity index (χ1n) is 21.8. The van der Waals surface area contributed by atoms with Crippen molar-refractivity contribution >= 4 is 15.4 Å². The minimum atomic E-state index is -4.29. The van der Waals surface area contributed by atoms with Gasteiger partial charge in [0.1, 0.15) is 5.76 Å². The van der Waals surface area contributed by atoms with Crippen LogP contribution in [0.5, 0.6) is 0 Å². The third-order valence-corrected chi connectivity index (χ3v) is 22.3. The van der Waals surface area contributed by atoms with Crippen molar-refractivity contribution in [2.24, 2.45) is 67.0 Å². The van der Waals surface area contributed by atoms with Crippen molar-refractivity contribution in [3.63, 3.8) is 0 Å². The molecule has 0 aromatic rings. The first kappa shape index (κ1) is 39.1. The molecule has 0 aliphatic heterocycles. The van der Waals surface area contributed by atoms with E-state index in [2.05, 4.69) is 83.1 Å². The number of phosphoric ester groups is 1. The molecule has 0 unspecified atom stereocenters. The molecule has 0 spiro atoms. The van der Waals surface area contributed by atoms with E-state index >= 15 is 9.13 Å². The Morgan fingerprint density at radius 1 is 0.500 bits per heavy atom. The van der Waals surface area contributed by atoms with Crippen LogP contribution in [0.1, 0.15) is 167 Å². The number of hydrogen-bond acceptors (Lipinski definition) is 7. The van der Waals surface area contributed by atoms with Crippen molar-refractivity contribution in [2.75, 3.05) is 0 Å². The van der Waals surface area contributed by atoms with Crippen LogP contribution in [0.4, 0.5) is 0 Å². The summed E-state index contributed by atoms with van der Waals surface area (Å²) in [5.74, 6) is 2.33. The van der Waals surface area contributed by atoms with Crippen molar-refractivity contribution < 1.29 is 31.7 Å². The third-order valence-electron chi connectivity index (χ3n) is 18.9. The van der Waals surface area contributed by atoms with Gasteiger partial charge in [0.05, 0.1) is 29.7 Å². The highest BCUT2D eigenvalue weighted by atomic mass is 31.2. The summed E-state index contributed by atoms with van der Waals surface area (Å²) < 4.78 is 67.4. The molecule has 0 aromatic carbocycles. The highest BCUT2D eigenvalue weighted by Crippen LogP contribution is 2.76. The summed E-state index contributed by atoms with van der Waals surface area (Å²) >= 11 is 0. The Kier molecular flexibility index (Phi) is 8.43. The van der Waals surface area contributed by atoms with Crippen molar-refractivity contribution in [2.45, 2.75) is 191 Å². The molecule has 9 aliphatic rings. The Labute approximate surface area is 327 Å². The number of hydrogen-bond donors (Lipinski definition) is 0. The molecule has 7 nitrogen and oxygen atoms in total. The lowest BCUT2D eigenvalue weighted by Gasteiger charge is -2.47. The fourth-order valence-electron chi connectivity index (χ4n) is 15.8. The van der Waals surface area contributed by atoms with Gasteiger partial charge in [-0.05, 0) is 150 Å². The zero-order chi connectivity index (χ0) is 38.9. The molecule has 9 aliphatic carbocycles. The number of phosphoric acid groups is 1. The Morgan fingerprint density at radius 2 is 0.815 bits per heavy atom. The van der Waals surface area contributed by atoms with Crippen molar-refractivity contribution in [1.29, 1.82) is 0 Å². The van der Waals surface area contributed by atoms with E-state index in [1.54, 1.807) is 0 Å². The van der Waals surface area contributed by atoms with Crippen LogP contribution in [0.15, 0.2) is 23.2 Å². The molecule has 9 rings (SSSR count). The van der Waals surface area contributed by atoms with E-state index in [9.17, 15) is 0 Å². The van der Waals surface area contributed by atoms with Crippen LogP contribution >= 0.6 is 15.4 Å². The van der Waals surface area contributed by atoms with Crippen LogP contribution in [-0.2, 0) is 31.7 Å². The lowest BCUT2D eigenvalue weighted by atomic mass is 9.70. The molecule has 0 radical (unpaired) electrons. The van der Waals surface area contributed by atoms with E-state index in [-0.39, 0.29) is 67.7 Å². The molecule has 8 fully saturated rings. The van der Waals surface area contributed by atoms with Gasteiger partial charge >= 0.3 is 15.4 Å². The van der Waals surface area contributed by atoms with E-state index in [4.69, 9.17) is 22.6 Å². The second kappa shape index (κ2) is 11.6. The van der Waals surface area contributed by atoms with Crippen LogP contribution in [-0.4, -0.2) is 24.4 Å². The van der Waals surface area contributed by atoms with Crippen LogP contribution in [0.2, 0.25) is 0 Å². The van der Waals surface area contributed by atoms with E-state index in [0.29, 0.717) is 41.2 Å². The van der Waals surface area contributed by atoms with Gasteiger partial charge in [0.15, 0.2) is 0 Å². The Hall–Kier alpha value is -0.420. The smallest absolute Gasteiger partial charge is 0.403 e. The van der Waals surface area contributed by atoms with Crippen LogP contribution in [0.25, 0.3) is 0 Å². The summed E-state index contributed by atoms with van der Waals surface area (Å²) in [6.45, 7) is 27.5. The van der Waals surface area contributed by atoms with Gasteiger partial charge in [-0.25, -0.2) is 4.57 Å². The van der Waals surface area contributed by atoms with E-state index in [1.165, 1.54) is 12.8 Å². The molecular formula is C45H72O7P2. The summed E-state index contributed by atoms with van der Waals surface area (Å²) in [5.41, 5.74) is -1.05.